The molecule has 0 aliphatic heterocycles. The zero-order valence-electron chi connectivity index (χ0n) is 16.6. The van der Waals surface area contributed by atoms with Crippen LogP contribution in [0, 0.1) is 0 Å². The van der Waals surface area contributed by atoms with E-state index in [0.717, 1.165) is 9.87 Å². The second kappa shape index (κ2) is 8.12. The number of carbonyl (C=O) groups is 2. The van der Waals surface area contributed by atoms with Crippen LogP contribution in [0.4, 0.5) is 0 Å². The van der Waals surface area contributed by atoms with Gasteiger partial charge in [-0.1, -0.05) is 32.9 Å². The summed E-state index contributed by atoms with van der Waals surface area (Å²) in [6.07, 6.45) is 0. The van der Waals surface area contributed by atoms with E-state index >= 15 is 0 Å². The number of carbonyl (C=O) groups excluding carboxylic acids is 2. The molecule has 8 heteroatoms. The predicted octanol–water partition coefficient (Wildman–Crippen LogP) is 2.31. The summed E-state index contributed by atoms with van der Waals surface area (Å²) in [5.41, 5.74) is 6.40. The van der Waals surface area contributed by atoms with Gasteiger partial charge in [0, 0.05) is 25.2 Å². The van der Waals surface area contributed by atoms with E-state index in [1.807, 2.05) is 12.1 Å². The summed E-state index contributed by atoms with van der Waals surface area (Å²) in [6, 6.07) is 12.6. The summed E-state index contributed by atoms with van der Waals surface area (Å²) in [5, 5.41) is 0. The lowest BCUT2D eigenvalue weighted by Crippen LogP contribution is -2.41. The molecule has 0 radical (unpaired) electrons. The number of benzene rings is 2. The Labute approximate surface area is 165 Å². The predicted molar refractivity (Wildman–Crippen MR) is 107 cm³/mol. The van der Waals surface area contributed by atoms with Crippen LogP contribution >= 0.6 is 0 Å². The quantitative estimate of drug-likeness (QED) is 0.766. The molecule has 2 N–H and O–H groups in total. The summed E-state index contributed by atoms with van der Waals surface area (Å²) in [5.74, 6) is -0.992. The minimum Gasteiger partial charge on any atom is -0.267 e. The average molecular weight is 404 g/mol. The van der Waals surface area contributed by atoms with E-state index in [0.29, 0.717) is 5.56 Å². The van der Waals surface area contributed by atoms with Gasteiger partial charge in [-0.15, -0.1) is 0 Å². The fourth-order valence-electron chi connectivity index (χ4n) is 2.37. The van der Waals surface area contributed by atoms with Crippen LogP contribution in [0.5, 0.6) is 0 Å². The maximum Gasteiger partial charge on any atom is 0.269 e. The van der Waals surface area contributed by atoms with Gasteiger partial charge in [0.25, 0.3) is 11.8 Å². The second-order valence-corrected chi connectivity index (χ2v) is 9.70. The van der Waals surface area contributed by atoms with Gasteiger partial charge < -0.3 is 0 Å². The lowest BCUT2D eigenvalue weighted by molar-refractivity contribution is 0.0846. The molecule has 0 fully saturated rings. The van der Waals surface area contributed by atoms with Crippen LogP contribution in [-0.2, 0) is 15.4 Å². The third kappa shape index (κ3) is 4.96. The number of sulfonamides is 1. The van der Waals surface area contributed by atoms with Crippen LogP contribution in [0.15, 0.2) is 53.4 Å². The Bertz CT molecular complexity index is 958. The van der Waals surface area contributed by atoms with Gasteiger partial charge in [0.1, 0.15) is 0 Å². The minimum absolute atomic E-state index is 0.0184. The Morgan fingerprint density at radius 1 is 0.786 bits per heavy atom. The number of nitrogens with zero attached hydrogens (tertiary/aromatic N) is 1. The highest BCUT2D eigenvalue weighted by Gasteiger charge is 2.18. The fraction of sp³-hybridized carbons (Fsp3) is 0.300. The molecule has 0 unspecified atom stereocenters. The van der Waals surface area contributed by atoms with Crippen LogP contribution < -0.4 is 10.9 Å². The van der Waals surface area contributed by atoms with E-state index in [2.05, 4.69) is 31.6 Å². The molecule has 7 nitrogen and oxygen atoms in total. The third-order valence-electron chi connectivity index (χ3n) is 4.20. The van der Waals surface area contributed by atoms with Crippen molar-refractivity contribution in [3.63, 3.8) is 0 Å². The van der Waals surface area contributed by atoms with Crippen molar-refractivity contribution >= 4 is 21.8 Å². The molecule has 0 saturated carbocycles. The first kappa shape index (κ1) is 21.6. The van der Waals surface area contributed by atoms with E-state index in [4.69, 9.17) is 0 Å². The maximum absolute atomic E-state index is 12.2. The molecule has 0 aliphatic carbocycles. The first-order valence-corrected chi connectivity index (χ1v) is 10.1. The number of hydrogen-bond acceptors (Lipinski definition) is 4. The molecule has 2 amide bonds. The molecule has 2 aromatic rings. The summed E-state index contributed by atoms with van der Waals surface area (Å²) in [6.45, 7) is 6.24. The SMILES string of the molecule is CN(C)S(=O)(=O)c1ccc(C(=O)NNC(=O)c2ccc(C(C)(C)C)cc2)cc1. The highest BCUT2D eigenvalue weighted by molar-refractivity contribution is 7.89. The van der Waals surface area contributed by atoms with E-state index < -0.39 is 21.8 Å². The molecular formula is C20H25N3O4S. The normalized spacial score (nSPS) is 11.9. The molecule has 0 saturated heterocycles. The van der Waals surface area contributed by atoms with Gasteiger partial charge in [0.05, 0.1) is 4.90 Å². The number of rotatable bonds is 4. The van der Waals surface area contributed by atoms with Gasteiger partial charge in [-0.2, -0.15) is 0 Å². The smallest absolute Gasteiger partial charge is 0.267 e. The molecule has 28 heavy (non-hydrogen) atoms. The van der Waals surface area contributed by atoms with Crippen LogP contribution in [0.25, 0.3) is 0 Å². The van der Waals surface area contributed by atoms with Crippen LogP contribution in [0.3, 0.4) is 0 Å². The molecule has 0 spiro atoms. The largest absolute Gasteiger partial charge is 0.269 e. The molecule has 2 rings (SSSR count). The molecule has 0 bridgehead atoms. The van der Waals surface area contributed by atoms with Crippen LogP contribution in [0.2, 0.25) is 0 Å². The maximum atomic E-state index is 12.2. The third-order valence-corrected chi connectivity index (χ3v) is 6.03. The first-order chi connectivity index (χ1) is 12.9. The fourth-order valence-corrected chi connectivity index (χ4v) is 3.27. The first-order valence-electron chi connectivity index (χ1n) is 8.67. The monoisotopic (exact) mass is 403 g/mol. The standard InChI is InChI=1S/C20H25N3O4S/c1-20(2,3)16-10-6-14(7-11-16)18(24)21-22-19(25)15-8-12-17(13-9-15)28(26,27)23(4)5/h6-13H,1-5H3,(H,21,24)(H,22,25). The average Bonchev–Trinajstić information content (AvgIpc) is 2.65. The van der Waals surface area contributed by atoms with Gasteiger partial charge in [-0.3, -0.25) is 20.4 Å². The van der Waals surface area contributed by atoms with Crippen molar-refractivity contribution in [2.24, 2.45) is 0 Å². The van der Waals surface area contributed by atoms with Crippen molar-refractivity contribution < 1.29 is 18.0 Å². The van der Waals surface area contributed by atoms with Gasteiger partial charge in [-0.25, -0.2) is 12.7 Å². The summed E-state index contributed by atoms with van der Waals surface area (Å²) >= 11 is 0. The number of hydrazine groups is 1. The van der Waals surface area contributed by atoms with E-state index in [-0.39, 0.29) is 15.9 Å². The Morgan fingerprint density at radius 3 is 1.54 bits per heavy atom. The highest BCUT2D eigenvalue weighted by atomic mass is 32.2. The Morgan fingerprint density at radius 2 is 1.18 bits per heavy atom. The van der Waals surface area contributed by atoms with Crippen molar-refractivity contribution in [2.45, 2.75) is 31.1 Å². The molecule has 0 aliphatic rings. The number of nitrogens with one attached hydrogen (secondary N) is 2. The topological polar surface area (TPSA) is 95.6 Å². The van der Waals surface area contributed by atoms with Crippen molar-refractivity contribution in [1.82, 2.24) is 15.2 Å². The number of hydrogen-bond donors (Lipinski definition) is 2. The lowest BCUT2D eigenvalue weighted by atomic mass is 9.87. The molecule has 2 aromatic carbocycles. The van der Waals surface area contributed by atoms with E-state index in [9.17, 15) is 18.0 Å². The minimum atomic E-state index is -3.56. The van der Waals surface area contributed by atoms with Crippen molar-refractivity contribution in [1.29, 1.82) is 0 Å². The van der Waals surface area contributed by atoms with Crippen LogP contribution in [-0.4, -0.2) is 38.6 Å². The van der Waals surface area contributed by atoms with E-state index in [1.165, 1.54) is 38.4 Å². The van der Waals surface area contributed by atoms with Crippen molar-refractivity contribution in [3.8, 4) is 0 Å². The van der Waals surface area contributed by atoms with Gasteiger partial charge >= 0.3 is 0 Å². The van der Waals surface area contributed by atoms with Gasteiger partial charge in [0.2, 0.25) is 10.0 Å². The highest BCUT2D eigenvalue weighted by Crippen LogP contribution is 2.22. The van der Waals surface area contributed by atoms with E-state index in [1.54, 1.807) is 12.1 Å². The molecule has 0 atom stereocenters. The van der Waals surface area contributed by atoms with Crippen molar-refractivity contribution in [3.05, 3.63) is 65.2 Å². The zero-order chi connectivity index (χ0) is 21.1. The Kier molecular flexibility index (Phi) is 6.26. The summed E-state index contributed by atoms with van der Waals surface area (Å²) in [4.78, 5) is 24.4. The summed E-state index contributed by atoms with van der Waals surface area (Å²) in [7, 11) is -0.703. The zero-order valence-corrected chi connectivity index (χ0v) is 17.4. The Hall–Kier alpha value is -2.71. The van der Waals surface area contributed by atoms with Crippen molar-refractivity contribution in [2.75, 3.05) is 14.1 Å². The second-order valence-electron chi connectivity index (χ2n) is 7.55. The van der Waals surface area contributed by atoms with Gasteiger partial charge in [-0.05, 0) is 47.4 Å². The lowest BCUT2D eigenvalue weighted by Gasteiger charge is -2.19. The molecule has 0 heterocycles. The molecular weight excluding hydrogens is 378 g/mol. The Balaban J connectivity index is 2.01. The molecule has 0 aromatic heterocycles. The number of amides is 2. The molecule has 150 valence electrons. The summed E-state index contributed by atoms with van der Waals surface area (Å²) < 4.78 is 25.2. The van der Waals surface area contributed by atoms with Crippen LogP contribution in [0.1, 0.15) is 47.1 Å². The van der Waals surface area contributed by atoms with Gasteiger partial charge in [0.15, 0.2) is 0 Å².